The summed E-state index contributed by atoms with van der Waals surface area (Å²) in [6.07, 6.45) is 0. The highest BCUT2D eigenvalue weighted by Crippen LogP contribution is 2.33. The maximum atomic E-state index is 8.32. The molecule has 0 fully saturated rings. The molecule has 0 saturated carbocycles. The number of nitrogens with zero attached hydrogens (tertiary/aromatic N) is 1. The van der Waals surface area contributed by atoms with Gasteiger partial charge in [0.1, 0.15) is 0 Å². The van der Waals surface area contributed by atoms with Crippen LogP contribution in [0.1, 0.15) is 20.6 Å². The number of hydrogen-bond acceptors (Lipinski definition) is 1. The van der Waals surface area contributed by atoms with Gasteiger partial charge in [0.25, 0.3) is 0 Å². The van der Waals surface area contributed by atoms with E-state index in [1.807, 2.05) is 0 Å². The Kier molecular flexibility index (Phi) is 0.999. The summed E-state index contributed by atoms with van der Waals surface area (Å²) in [6, 6.07) is -12.6. The topological polar surface area (TPSA) is 3.24 Å². The van der Waals surface area contributed by atoms with Gasteiger partial charge >= 0.3 is 0 Å². The van der Waals surface area contributed by atoms with E-state index in [1.54, 1.807) is 0 Å². The van der Waals surface area contributed by atoms with Crippen LogP contribution in [0.4, 0.5) is 17.1 Å². The van der Waals surface area contributed by atoms with Crippen molar-refractivity contribution in [1.82, 2.24) is 0 Å². The van der Waals surface area contributed by atoms with Crippen molar-refractivity contribution in [3.8, 4) is 0 Å². The maximum Gasteiger partial charge on any atom is 0.0645 e. The van der Waals surface area contributed by atoms with Gasteiger partial charge < -0.3 is 4.90 Å². The van der Waals surface area contributed by atoms with Crippen molar-refractivity contribution >= 4 is 17.1 Å². The maximum absolute atomic E-state index is 8.32. The Morgan fingerprint density at radius 1 is 0.474 bits per heavy atom. The summed E-state index contributed by atoms with van der Waals surface area (Å²) in [6.45, 7) is 0. The molecule has 0 aromatic heterocycles. The van der Waals surface area contributed by atoms with Crippen LogP contribution in [0, 0.1) is 0 Å². The molecule has 0 unspecified atom stereocenters. The molecule has 0 saturated heterocycles. The third kappa shape index (κ3) is 2.50. The van der Waals surface area contributed by atoms with Crippen molar-refractivity contribution in [3.05, 3.63) is 90.6 Å². The third-order valence-corrected chi connectivity index (χ3v) is 2.13. The third-order valence-electron chi connectivity index (χ3n) is 2.13. The monoisotopic (exact) mass is 260 g/mol. The van der Waals surface area contributed by atoms with Crippen LogP contribution in [0.15, 0.2) is 90.6 Å². The fraction of sp³-hybridized carbons (Fsp3) is 0. The second kappa shape index (κ2) is 5.40. The summed E-state index contributed by atoms with van der Waals surface area (Å²) in [5.41, 5.74) is -2.24. The van der Waals surface area contributed by atoms with Crippen LogP contribution >= 0.6 is 0 Å². The average Bonchev–Trinajstić information content (AvgIpc) is 2.81. The van der Waals surface area contributed by atoms with E-state index in [-0.39, 0.29) is 0 Å². The Hall–Kier alpha value is -2.54. The van der Waals surface area contributed by atoms with Gasteiger partial charge in [0.05, 0.1) is 20.6 Å². The van der Waals surface area contributed by atoms with E-state index < -0.39 is 108 Å². The first-order chi connectivity index (χ1) is 15.7. The van der Waals surface area contributed by atoms with Crippen molar-refractivity contribution in [2.45, 2.75) is 0 Å². The minimum Gasteiger partial charge on any atom is -0.311 e. The van der Waals surface area contributed by atoms with Gasteiger partial charge in [-0.3, -0.25) is 0 Å². The minimum absolute atomic E-state index is 0.542. The number of hydrogen-bond donors (Lipinski definition) is 0. The minimum atomic E-state index is -0.871. The molecule has 0 aliphatic rings. The fourth-order valence-corrected chi connectivity index (χ4v) is 1.40. The summed E-state index contributed by atoms with van der Waals surface area (Å²) in [5, 5.41) is 0. The van der Waals surface area contributed by atoms with Crippen LogP contribution in [0.3, 0.4) is 0 Å². The predicted molar refractivity (Wildman–Crippen MR) is 81.1 cm³/mol. The molecule has 0 atom stereocenters. The van der Waals surface area contributed by atoms with Gasteiger partial charge in [-0.2, -0.15) is 0 Å². The van der Waals surface area contributed by atoms with Crippen LogP contribution in [0.25, 0.3) is 0 Å². The standard InChI is InChI=1S/C18H15N/c1-4-10-16(11-5-1)19(17-12-6-2-7-13-17)18-14-8-3-9-15-18/h1-15H/i1D,2D,3D,4D,5D,6D,7D,8D,9D,10D,11D,12D,13D,14D,15D. The lowest BCUT2D eigenvalue weighted by Gasteiger charge is -2.25. The fourth-order valence-electron chi connectivity index (χ4n) is 1.40. The van der Waals surface area contributed by atoms with Gasteiger partial charge in [0.2, 0.25) is 0 Å². The first-order valence-electron chi connectivity index (χ1n) is 12.7. The first-order valence-corrected chi connectivity index (χ1v) is 5.17. The quantitative estimate of drug-likeness (QED) is 0.629. The average molecular weight is 260 g/mol. The Labute approximate surface area is 134 Å². The molecule has 0 N–H and O–H groups in total. The van der Waals surface area contributed by atoms with Crippen LogP contribution in [0.2, 0.25) is 0 Å². The molecule has 0 spiro atoms. The van der Waals surface area contributed by atoms with Gasteiger partial charge in [-0.25, -0.2) is 0 Å². The van der Waals surface area contributed by atoms with Crippen LogP contribution in [-0.2, 0) is 0 Å². The molecule has 0 amide bonds. The zero-order chi connectivity index (χ0) is 26.0. The molecule has 92 valence electrons. The normalized spacial score (nSPS) is 21.2. The van der Waals surface area contributed by atoms with E-state index in [0.29, 0.717) is 4.90 Å². The highest BCUT2D eigenvalue weighted by molar-refractivity contribution is 5.76. The molecule has 3 aromatic rings. The molecule has 3 aromatic carbocycles. The molecule has 1 nitrogen and oxygen atoms in total. The van der Waals surface area contributed by atoms with E-state index in [1.165, 1.54) is 0 Å². The lowest BCUT2D eigenvalue weighted by molar-refractivity contribution is 1.28. The summed E-state index contributed by atoms with van der Waals surface area (Å²) in [5.74, 6) is 0. The number of benzene rings is 3. The Morgan fingerprint density at radius 3 is 1.00 bits per heavy atom. The van der Waals surface area contributed by atoms with Gasteiger partial charge in [0.15, 0.2) is 0 Å². The zero-order valence-corrected chi connectivity index (χ0v) is 9.45. The Morgan fingerprint density at radius 2 is 0.737 bits per heavy atom. The van der Waals surface area contributed by atoms with E-state index in [9.17, 15) is 0 Å². The van der Waals surface area contributed by atoms with Crippen molar-refractivity contribution in [1.29, 1.82) is 0 Å². The van der Waals surface area contributed by atoms with Crippen LogP contribution < -0.4 is 4.90 Å². The van der Waals surface area contributed by atoms with Crippen molar-refractivity contribution in [2.75, 3.05) is 4.90 Å². The predicted octanol–water partition coefficient (Wildman–Crippen LogP) is 5.16. The van der Waals surface area contributed by atoms with E-state index in [4.69, 9.17) is 20.6 Å². The van der Waals surface area contributed by atoms with E-state index in [2.05, 4.69) is 0 Å². The largest absolute Gasteiger partial charge is 0.311 e. The first kappa shape index (κ1) is 3.51. The number of rotatable bonds is 3. The molecule has 19 heavy (non-hydrogen) atoms. The smallest absolute Gasteiger partial charge is 0.0645 e. The highest BCUT2D eigenvalue weighted by Gasteiger charge is 2.10. The SMILES string of the molecule is [2H]c1c([2H])c([2H])c(N(c2c([2H])c([2H])c([2H])c([2H])c2[2H])c2c([2H])c([2H])c([2H])c([2H])c2[2H])c([2H])c1[2H]. The summed E-state index contributed by atoms with van der Waals surface area (Å²) < 4.78 is 121. The molecule has 0 aliphatic heterocycles. The number of para-hydroxylation sites is 3. The van der Waals surface area contributed by atoms with E-state index in [0.717, 1.165) is 0 Å². The molecule has 3 rings (SSSR count). The van der Waals surface area contributed by atoms with Gasteiger partial charge in [0, 0.05) is 17.1 Å². The zero-order valence-electron chi connectivity index (χ0n) is 24.4. The molecular formula is C18H15N. The molecule has 0 radical (unpaired) electrons. The molecular weight excluding hydrogens is 230 g/mol. The molecule has 0 bridgehead atoms. The Balaban J connectivity index is 2.68. The van der Waals surface area contributed by atoms with Crippen molar-refractivity contribution in [3.63, 3.8) is 0 Å². The summed E-state index contributed by atoms with van der Waals surface area (Å²) in [4.78, 5) is 0.542. The van der Waals surface area contributed by atoms with Gasteiger partial charge in [-0.1, -0.05) is 54.4 Å². The lowest BCUT2D eigenvalue weighted by Crippen LogP contribution is -2.09. The number of anilines is 3. The molecule has 0 heterocycles. The summed E-state index contributed by atoms with van der Waals surface area (Å²) >= 11 is 0. The van der Waals surface area contributed by atoms with Crippen molar-refractivity contribution in [2.24, 2.45) is 0 Å². The molecule has 1 heteroatoms. The van der Waals surface area contributed by atoms with Crippen LogP contribution in [0.5, 0.6) is 0 Å². The second-order valence-corrected chi connectivity index (χ2v) is 3.26. The summed E-state index contributed by atoms with van der Waals surface area (Å²) in [7, 11) is 0. The van der Waals surface area contributed by atoms with Gasteiger partial charge in [-0.05, 0) is 36.3 Å². The van der Waals surface area contributed by atoms with Crippen molar-refractivity contribution < 1.29 is 20.6 Å². The lowest BCUT2D eigenvalue weighted by atomic mass is 10.2. The van der Waals surface area contributed by atoms with E-state index >= 15 is 0 Å². The highest BCUT2D eigenvalue weighted by atomic mass is 15.1. The second-order valence-electron chi connectivity index (χ2n) is 3.26. The van der Waals surface area contributed by atoms with Gasteiger partial charge in [-0.15, -0.1) is 0 Å². The van der Waals surface area contributed by atoms with Crippen LogP contribution in [-0.4, -0.2) is 0 Å². The molecule has 0 aliphatic carbocycles. The Bertz CT molecular complexity index is 1110.